The summed E-state index contributed by atoms with van der Waals surface area (Å²) in [6.45, 7) is 17.9. The molecule has 3 aliphatic rings. The molecule has 0 aliphatic carbocycles. The van der Waals surface area contributed by atoms with E-state index in [0.29, 0.717) is 35.2 Å². The lowest BCUT2D eigenvalue weighted by Gasteiger charge is -2.40. The van der Waals surface area contributed by atoms with Crippen molar-refractivity contribution in [2.75, 3.05) is 36.1 Å². The average Bonchev–Trinajstić information content (AvgIpc) is 3.56. The Labute approximate surface area is 282 Å². The zero-order chi connectivity index (χ0) is 34.3. The summed E-state index contributed by atoms with van der Waals surface area (Å²) in [4.78, 5) is 49.4. The number of aliphatic hydroxyl groups excluding tert-OH is 1. The normalized spacial score (nSPS) is 28.3. The van der Waals surface area contributed by atoms with Crippen LogP contribution in [-0.4, -0.2) is 77.3 Å². The summed E-state index contributed by atoms with van der Waals surface area (Å²) >= 11 is 6.18. The Kier molecular flexibility index (Phi) is 9.92. The first kappa shape index (κ1) is 34.7. The van der Waals surface area contributed by atoms with E-state index in [1.54, 1.807) is 46.2 Å². The van der Waals surface area contributed by atoms with E-state index in [0.717, 1.165) is 0 Å². The molecular weight excluding hydrogens is 618 g/mol. The number of carbonyl (C=O) groups is 3. The third-order valence-corrected chi connectivity index (χ3v) is 10.6. The molecule has 7 atom stereocenters. The van der Waals surface area contributed by atoms with Crippen molar-refractivity contribution in [1.29, 1.82) is 0 Å². The van der Waals surface area contributed by atoms with E-state index in [1.165, 1.54) is 4.90 Å². The minimum atomic E-state index is -1.30. The van der Waals surface area contributed by atoms with Crippen LogP contribution in [0.4, 0.5) is 11.4 Å². The molecule has 0 saturated carbocycles. The van der Waals surface area contributed by atoms with E-state index in [1.807, 2.05) is 58.9 Å². The van der Waals surface area contributed by atoms with Gasteiger partial charge in [-0.2, -0.15) is 0 Å². The summed E-state index contributed by atoms with van der Waals surface area (Å²) < 4.78 is 12.6. The Morgan fingerprint density at radius 2 is 1.62 bits per heavy atom. The minimum Gasteiger partial charge on any atom is -0.494 e. The third kappa shape index (κ3) is 5.66. The number of carbonyl (C=O) groups excluding carboxylic acids is 3. The Bertz CT molecular complexity index is 1510. The number of anilines is 2. The van der Waals surface area contributed by atoms with Crippen molar-refractivity contribution in [3.8, 4) is 5.75 Å². The lowest BCUT2D eigenvalue weighted by molar-refractivity contribution is -0.150. The van der Waals surface area contributed by atoms with Crippen LogP contribution >= 0.6 is 11.6 Å². The molecule has 3 unspecified atom stereocenters. The van der Waals surface area contributed by atoms with Crippen molar-refractivity contribution in [2.45, 2.75) is 64.3 Å². The summed E-state index contributed by atoms with van der Waals surface area (Å²) in [6.07, 6.45) is 3.68. The maximum Gasteiger partial charge on any atom is 0.253 e. The van der Waals surface area contributed by atoms with Crippen LogP contribution in [0.15, 0.2) is 73.8 Å². The van der Waals surface area contributed by atoms with Gasteiger partial charge in [-0.25, -0.2) is 0 Å². The molecule has 2 aromatic rings. The van der Waals surface area contributed by atoms with Gasteiger partial charge >= 0.3 is 0 Å². The summed E-state index contributed by atoms with van der Waals surface area (Å²) in [6, 6.07) is 12.4. The first-order chi connectivity index (χ1) is 22.4. The molecule has 2 aromatic carbocycles. The molecule has 1 spiro atoms. The Morgan fingerprint density at radius 1 is 1.06 bits per heavy atom. The van der Waals surface area contributed by atoms with Gasteiger partial charge in [0, 0.05) is 29.5 Å². The van der Waals surface area contributed by atoms with Crippen molar-refractivity contribution in [3.63, 3.8) is 0 Å². The first-order valence-corrected chi connectivity index (χ1v) is 16.7. The highest BCUT2D eigenvalue weighted by Crippen LogP contribution is 2.66. The van der Waals surface area contributed by atoms with Gasteiger partial charge < -0.3 is 29.3 Å². The zero-order valence-corrected chi connectivity index (χ0v) is 28.7. The number of hydrogen-bond acceptors (Lipinski definition) is 6. The van der Waals surface area contributed by atoms with Crippen LogP contribution in [0.3, 0.4) is 0 Å². The molecule has 0 radical (unpaired) electrons. The average molecular weight is 664 g/mol. The van der Waals surface area contributed by atoms with E-state index in [4.69, 9.17) is 21.1 Å². The number of halogens is 1. The van der Waals surface area contributed by atoms with Crippen LogP contribution in [0.5, 0.6) is 5.75 Å². The van der Waals surface area contributed by atoms with Gasteiger partial charge in [0.2, 0.25) is 11.8 Å². The monoisotopic (exact) mass is 663 g/mol. The summed E-state index contributed by atoms with van der Waals surface area (Å²) in [7, 11) is 0. The molecule has 1 N–H and O–H groups in total. The minimum absolute atomic E-state index is 0.156. The summed E-state index contributed by atoms with van der Waals surface area (Å²) in [5.74, 6) is -2.48. The standard InChI is InChI=1S/C37H46ClN3O6/c1-8-19-39(27-15-17-28(18-16-27)46-10-3)33(43)30-31-34(44)41(29(22-42)23(4)5)32(37(31)21-24(6)36(30,7)47-37)35(45)40(20-9-2)26-13-11-25(38)12-14-26/h8-9,11-18,23-24,29-32,42H,1-2,10,19-22H2,3-7H3/t24?,29-,30+,31-,32?,36-,37?/m0/s1. The number of fused-ring (bicyclic) bond motifs is 1. The molecule has 3 amide bonds. The van der Waals surface area contributed by atoms with Gasteiger partial charge in [-0.1, -0.05) is 44.5 Å². The van der Waals surface area contributed by atoms with Gasteiger partial charge in [0.05, 0.1) is 36.7 Å². The molecule has 3 aliphatic heterocycles. The molecule has 3 fully saturated rings. The largest absolute Gasteiger partial charge is 0.494 e. The SMILES string of the molecule is C=CCN(C(=O)C1N([C@@H](CO)C(C)C)C(=O)[C@@H]2[C@H](C(=O)N(CC=C)c3ccc(OCC)cc3)[C@@]3(C)OC12CC3C)c1ccc(Cl)cc1. The topological polar surface area (TPSA) is 99.6 Å². The highest BCUT2D eigenvalue weighted by Gasteiger charge is 2.80. The molecule has 3 heterocycles. The van der Waals surface area contributed by atoms with Crippen LogP contribution in [0.2, 0.25) is 5.02 Å². The smallest absolute Gasteiger partial charge is 0.253 e. The number of aliphatic hydroxyl groups is 1. The number of nitrogens with zero attached hydrogens (tertiary/aromatic N) is 3. The number of ether oxygens (including phenoxy) is 2. The second kappa shape index (κ2) is 13.5. The fourth-order valence-electron chi connectivity index (χ4n) is 8.04. The highest BCUT2D eigenvalue weighted by molar-refractivity contribution is 6.30. The fraction of sp³-hybridized carbons (Fsp3) is 0.486. The third-order valence-electron chi connectivity index (χ3n) is 10.3. The van der Waals surface area contributed by atoms with E-state index in [2.05, 4.69) is 13.2 Å². The molecule has 9 nitrogen and oxygen atoms in total. The number of rotatable bonds is 13. The number of amides is 3. The molecular formula is C37H46ClN3O6. The van der Waals surface area contributed by atoms with Crippen LogP contribution in [-0.2, 0) is 19.1 Å². The van der Waals surface area contributed by atoms with E-state index in [-0.39, 0.29) is 49.3 Å². The van der Waals surface area contributed by atoms with Crippen LogP contribution < -0.4 is 14.5 Å². The van der Waals surface area contributed by atoms with E-state index < -0.39 is 35.1 Å². The van der Waals surface area contributed by atoms with Crippen molar-refractivity contribution >= 4 is 40.7 Å². The second-order valence-corrected chi connectivity index (χ2v) is 13.8. The van der Waals surface area contributed by atoms with Gasteiger partial charge in [-0.3, -0.25) is 14.4 Å². The molecule has 252 valence electrons. The maximum absolute atomic E-state index is 14.9. The van der Waals surface area contributed by atoms with Gasteiger partial charge in [-0.15, -0.1) is 13.2 Å². The highest BCUT2D eigenvalue weighted by atomic mass is 35.5. The first-order valence-electron chi connectivity index (χ1n) is 16.4. The molecule has 10 heteroatoms. The lowest BCUT2D eigenvalue weighted by Crippen LogP contribution is -2.60. The Morgan fingerprint density at radius 3 is 2.13 bits per heavy atom. The van der Waals surface area contributed by atoms with Crippen LogP contribution in [0.25, 0.3) is 0 Å². The quantitative estimate of drug-likeness (QED) is 0.284. The van der Waals surface area contributed by atoms with Crippen LogP contribution in [0, 0.1) is 23.7 Å². The predicted molar refractivity (Wildman–Crippen MR) is 183 cm³/mol. The van der Waals surface area contributed by atoms with Gasteiger partial charge in [0.25, 0.3) is 5.91 Å². The van der Waals surface area contributed by atoms with Crippen molar-refractivity contribution < 1.29 is 29.0 Å². The van der Waals surface area contributed by atoms with E-state index >= 15 is 0 Å². The van der Waals surface area contributed by atoms with Gasteiger partial charge in [0.15, 0.2) is 0 Å². The maximum atomic E-state index is 14.9. The predicted octanol–water partition coefficient (Wildman–Crippen LogP) is 5.50. The lowest BCUT2D eigenvalue weighted by atomic mass is 9.62. The fourth-order valence-corrected chi connectivity index (χ4v) is 8.16. The Balaban J connectivity index is 1.64. The Hall–Kier alpha value is -3.66. The molecule has 0 aromatic heterocycles. The van der Waals surface area contributed by atoms with Gasteiger partial charge in [0.1, 0.15) is 17.4 Å². The summed E-state index contributed by atoms with van der Waals surface area (Å²) in [5, 5.41) is 11.2. The number of benzene rings is 2. The second-order valence-electron chi connectivity index (χ2n) is 13.3. The van der Waals surface area contributed by atoms with Crippen molar-refractivity contribution in [1.82, 2.24) is 4.90 Å². The van der Waals surface area contributed by atoms with Crippen molar-refractivity contribution in [2.24, 2.45) is 23.7 Å². The molecule has 3 saturated heterocycles. The van der Waals surface area contributed by atoms with Crippen molar-refractivity contribution in [3.05, 3.63) is 78.9 Å². The summed E-state index contributed by atoms with van der Waals surface area (Å²) in [5.41, 5.74) is -1.10. The van der Waals surface area contributed by atoms with Gasteiger partial charge in [-0.05, 0) is 80.6 Å². The zero-order valence-electron chi connectivity index (χ0n) is 27.9. The molecule has 2 bridgehead atoms. The van der Waals surface area contributed by atoms with Crippen LogP contribution in [0.1, 0.15) is 41.0 Å². The number of likely N-dealkylation sites (tertiary alicyclic amines) is 1. The molecule has 5 rings (SSSR count). The number of hydrogen-bond donors (Lipinski definition) is 1. The van der Waals surface area contributed by atoms with E-state index in [9.17, 15) is 19.5 Å². The molecule has 47 heavy (non-hydrogen) atoms.